The van der Waals surface area contributed by atoms with Crippen LogP contribution in [0.1, 0.15) is 23.1 Å². The van der Waals surface area contributed by atoms with Gasteiger partial charge in [0, 0.05) is 25.6 Å². The number of ether oxygens (including phenoxy) is 1. The maximum Gasteiger partial charge on any atom is 0.317 e. The fourth-order valence-corrected chi connectivity index (χ4v) is 3.11. The highest BCUT2D eigenvalue weighted by atomic mass is 16.5. The van der Waals surface area contributed by atoms with Gasteiger partial charge in [-0.1, -0.05) is 42.5 Å². The predicted molar refractivity (Wildman–Crippen MR) is 99.2 cm³/mol. The van der Waals surface area contributed by atoms with Crippen LogP contribution in [0.4, 0.5) is 4.79 Å². The topological polar surface area (TPSA) is 65.4 Å². The number of amides is 2. The lowest BCUT2D eigenvalue weighted by atomic mass is 10.1. The van der Waals surface area contributed by atoms with Gasteiger partial charge in [-0.2, -0.15) is 5.26 Å². The van der Waals surface area contributed by atoms with Gasteiger partial charge in [0.1, 0.15) is 0 Å². The van der Waals surface area contributed by atoms with Crippen LogP contribution in [0.3, 0.4) is 0 Å². The summed E-state index contributed by atoms with van der Waals surface area (Å²) in [5.41, 5.74) is 2.70. The summed E-state index contributed by atoms with van der Waals surface area (Å²) < 4.78 is 5.80. The molecule has 134 valence electrons. The zero-order chi connectivity index (χ0) is 18.2. The molecule has 2 aromatic rings. The second-order valence-corrected chi connectivity index (χ2v) is 6.57. The van der Waals surface area contributed by atoms with Crippen molar-refractivity contribution in [3.63, 3.8) is 0 Å². The zero-order valence-electron chi connectivity index (χ0n) is 14.7. The first-order chi connectivity index (χ1) is 12.7. The largest absolute Gasteiger partial charge is 0.376 e. The summed E-state index contributed by atoms with van der Waals surface area (Å²) in [6.45, 7) is 3.18. The molecule has 1 aliphatic heterocycles. The van der Waals surface area contributed by atoms with E-state index in [1.807, 2.05) is 35.2 Å². The van der Waals surface area contributed by atoms with Crippen molar-refractivity contribution in [1.29, 1.82) is 5.26 Å². The Morgan fingerprint density at radius 3 is 2.81 bits per heavy atom. The first kappa shape index (κ1) is 18.0. The van der Waals surface area contributed by atoms with Crippen molar-refractivity contribution in [3.8, 4) is 6.07 Å². The Bertz CT molecular complexity index is 770. The van der Waals surface area contributed by atoms with E-state index in [9.17, 15) is 4.79 Å². The first-order valence-corrected chi connectivity index (χ1v) is 8.88. The van der Waals surface area contributed by atoms with E-state index >= 15 is 0 Å². The third kappa shape index (κ3) is 5.08. The van der Waals surface area contributed by atoms with Crippen molar-refractivity contribution >= 4 is 6.03 Å². The summed E-state index contributed by atoms with van der Waals surface area (Å²) in [7, 11) is 0. The van der Waals surface area contributed by atoms with Crippen molar-refractivity contribution in [2.24, 2.45) is 5.92 Å². The normalized spacial score (nSPS) is 16.3. The molecule has 2 aromatic carbocycles. The van der Waals surface area contributed by atoms with Crippen molar-refractivity contribution in [2.75, 3.05) is 19.7 Å². The molecular formula is C21H23N3O2. The van der Waals surface area contributed by atoms with E-state index in [0.717, 1.165) is 25.1 Å². The maximum absolute atomic E-state index is 12.3. The average Bonchev–Trinajstić information content (AvgIpc) is 3.16. The molecule has 0 aliphatic carbocycles. The van der Waals surface area contributed by atoms with Crippen molar-refractivity contribution in [2.45, 2.75) is 19.6 Å². The third-order valence-electron chi connectivity index (χ3n) is 4.54. The zero-order valence-corrected chi connectivity index (χ0v) is 14.7. The molecule has 0 bridgehead atoms. The molecule has 0 unspecified atom stereocenters. The van der Waals surface area contributed by atoms with Gasteiger partial charge in [0.05, 0.1) is 24.8 Å². The second kappa shape index (κ2) is 9.02. The summed E-state index contributed by atoms with van der Waals surface area (Å²) in [6.07, 6.45) is 0.964. The Kier molecular flexibility index (Phi) is 6.24. The number of carbonyl (C=O) groups is 1. The Hall–Kier alpha value is -2.84. The molecule has 0 aromatic heterocycles. The second-order valence-electron chi connectivity index (χ2n) is 6.57. The minimum Gasteiger partial charge on any atom is -0.376 e. The van der Waals surface area contributed by atoms with Crippen molar-refractivity contribution < 1.29 is 9.53 Å². The smallest absolute Gasteiger partial charge is 0.317 e. The molecule has 0 saturated carbocycles. The molecular weight excluding hydrogens is 326 g/mol. The Labute approximate surface area is 154 Å². The van der Waals surface area contributed by atoms with Crippen LogP contribution in [0.15, 0.2) is 54.6 Å². The molecule has 0 radical (unpaired) electrons. The van der Waals surface area contributed by atoms with Gasteiger partial charge in [0.25, 0.3) is 0 Å². The molecule has 1 atom stereocenters. The van der Waals surface area contributed by atoms with Gasteiger partial charge in [0.15, 0.2) is 0 Å². The highest BCUT2D eigenvalue weighted by Crippen LogP contribution is 2.17. The number of benzene rings is 2. The van der Waals surface area contributed by atoms with E-state index in [0.29, 0.717) is 31.2 Å². The number of carbonyl (C=O) groups excluding carboxylic acids is 1. The van der Waals surface area contributed by atoms with Crippen molar-refractivity contribution in [1.82, 2.24) is 10.2 Å². The highest BCUT2D eigenvalue weighted by molar-refractivity contribution is 5.74. The van der Waals surface area contributed by atoms with Crippen LogP contribution in [0.25, 0.3) is 0 Å². The SMILES string of the molecule is N#Cc1cccc(CNC(=O)N2CC[C@H](COCc3ccccc3)C2)c1. The molecule has 0 spiro atoms. The van der Waals surface area contributed by atoms with E-state index in [2.05, 4.69) is 23.5 Å². The van der Waals surface area contributed by atoms with E-state index in [1.165, 1.54) is 5.56 Å². The van der Waals surface area contributed by atoms with Gasteiger partial charge in [-0.25, -0.2) is 4.79 Å². The first-order valence-electron chi connectivity index (χ1n) is 8.88. The van der Waals surface area contributed by atoms with E-state index in [-0.39, 0.29) is 6.03 Å². The summed E-state index contributed by atoms with van der Waals surface area (Å²) >= 11 is 0. The maximum atomic E-state index is 12.3. The average molecular weight is 349 g/mol. The number of urea groups is 1. The lowest BCUT2D eigenvalue weighted by molar-refractivity contribution is 0.0897. The summed E-state index contributed by atoms with van der Waals surface area (Å²) in [4.78, 5) is 14.2. The monoisotopic (exact) mass is 349 g/mol. The molecule has 1 saturated heterocycles. The lowest BCUT2D eigenvalue weighted by Crippen LogP contribution is -2.38. The van der Waals surface area contributed by atoms with E-state index < -0.39 is 0 Å². The molecule has 5 heteroatoms. The minimum atomic E-state index is -0.0575. The van der Waals surface area contributed by atoms with Crippen LogP contribution in [-0.2, 0) is 17.9 Å². The van der Waals surface area contributed by atoms with Gasteiger partial charge < -0.3 is 15.0 Å². The number of rotatable bonds is 6. The summed E-state index contributed by atoms with van der Waals surface area (Å²) in [5.74, 6) is 0.381. The summed E-state index contributed by atoms with van der Waals surface area (Å²) in [6, 6.07) is 19.5. The molecule has 5 nitrogen and oxygen atoms in total. The molecule has 26 heavy (non-hydrogen) atoms. The standard InChI is InChI=1S/C21H23N3O2/c22-12-18-7-4-8-19(11-18)13-23-21(25)24-10-9-20(14-24)16-26-15-17-5-2-1-3-6-17/h1-8,11,20H,9-10,13-16H2,(H,23,25)/t20-/m0/s1. The van der Waals surface area contributed by atoms with Crippen molar-refractivity contribution in [3.05, 3.63) is 71.3 Å². The number of nitrogens with zero attached hydrogens (tertiary/aromatic N) is 2. The Balaban J connectivity index is 1.39. The minimum absolute atomic E-state index is 0.0575. The number of nitriles is 1. The number of nitrogens with one attached hydrogen (secondary N) is 1. The molecule has 3 rings (SSSR count). The van der Waals surface area contributed by atoms with Gasteiger partial charge in [-0.05, 0) is 29.7 Å². The molecule has 1 aliphatic rings. The molecule has 2 amide bonds. The lowest BCUT2D eigenvalue weighted by Gasteiger charge is -2.17. The Morgan fingerprint density at radius 1 is 1.19 bits per heavy atom. The van der Waals surface area contributed by atoms with Crippen LogP contribution in [0, 0.1) is 17.2 Å². The quantitative estimate of drug-likeness (QED) is 0.870. The van der Waals surface area contributed by atoms with Crippen LogP contribution >= 0.6 is 0 Å². The van der Waals surface area contributed by atoms with E-state index in [1.54, 1.807) is 12.1 Å². The van der Waals surface area contributed by atoms with Crippen LogP contribution in [0.5, 0.6) is 0 Å². The predicted octanol–water partition coefficient (Wildman–Crippen LogP) is 3.31. The number of hydrogen-bond acceptors (Lipinski definition) is 3. The van der Waals surface area contributed by atoms with E-state index in [4.69, 9.17) is 10.00 Å². The molecule has 1 fully saturated rings. The molecule has 1 N–H and O–H groups in total. The van der Waals surface area contributed by atoms with Crippen LogP contribution in [-0.4, -0.2) is 30.6 Å². The van der Waals surface area contributed by atoms with Gasteiger partial charge >= 0.3 is 6.03 Å². The molecule has 1 heterocycles. The highest BCUT2D eigenvalue weighted by Gasteiger charge is 2.26. The third-order valence-corrected chi connectivity index (χ3v) is 4.54. The van der Waals surface area contributed by atoms with Crippen LogP contribution in [0.2, 0.25) is 0 Å². The Morgan fingerprint density at radius 2 is 2.00 bits per heavy atom. The van der Waals surface area contributed by atoms with Gasteiger partial charge in [-0.3, -0.25) is 0 Å². The number of hydrogen-bond donors (Lipinski definition) is 1. The van der Waals surface area contributed by atoms with Gasteiger partial charge in [-0.15, -0.1) is 0 Å². The fraction of sp³-hybridized carbons (Fsp3) is 0.333. The van der Waals surface area contributed by atoms with Gasteiger partial charge in [0.2, 0.25) is 0 Å². The van der Waals surface area contributed by atoms with Crippen LogP contribution < -0.4 is 5.32 Å². The number of likely N-dealkylation sites (tertiary alicyclic amines) is 1. The summed E-state index contributed by atoms with van der Waals surface area (Å²) in [5, 5.41) is 11.9. The fourth-order valence-electron chi connectivity index (χ4n) is 3.11.